The molecule has 3 nitrogen and oxygen atoms in total. The van der Waals surface area contributed by atoms with E-state index in [1.807, 2.05) is 6.07 Å². The Labute approximate surface area is 151 Å². The number of amides is 1. The van der Waals surface area contributed by atoms with Crippen molar-refractivity contribution < 1.29 is 4.79 Å². The minimum absolute atomic E-state index is 0.265. The third-order valence-electron chi connectivity index (χ3n) is 3.68. The number of nitriles is 1. The zero-order valence-electron chi connectivity index (χ0n) is 11.6. The van der Waals surface area contributed by atoms with Gasteiger partial charge in [-0.3, -0.25) is 4.79 Å². The molecule has 1 aliphatic carbocycles. The molecule has 0 unspecified atom stereocenters. The van der Waals surface area contributed by atoms with Gasteiger partial charge in [0.1, 0.15) is 11.1 Å². The third-order valence-corrected chi connectivity index (χ3v) is 5.89. The van der Waals surface area contributed by atoms with Crippen molar-refractivity contribution in [1.82, 2.24) is 0 Å². The van der Waals surface area contributed by atoms with Gasteiger partial charge in [0.25, 0.3) is 5.91 Å². The summed E-state index contributed by atoms with van der Waals surface area (Å²) in [5, 5.41) is 13.4. The minimum atomic E-state index is -0.265. The number of nitrogens with zero attached hydrogens (tertiary/aromatic N) is 1. The Balaban J connectivity index is 1.93. The van der Waals surface area contributed by atoms with E-state index < -0.39 is 0 Å². The molecule has 112 valence electrons. The molecule has 1 heterocycles. The average molecular weight is 443 g/mol. The van der Waals surface area contributed by atoms with Crippen molar-refractivity contribution in [2.24, 2.45) is 0 Å². The summed E-state index contributed by atoms with van der Waals surface area (Å²) in [7, 11) is 0. The number of halogens is 2. The number of fused-ring (bicyclic) bond motifs is 1. The van der Waals surface area contributed by atoms with Gasteiger partial charge in [0.2, 0.25) is 0 Å². The zero-order valence-corrected chi connectivity index (χ0v) is 15.3. The van der Waals surface area contributed by atoms with Gasteiger partial charge in [0.05, 0.1) is 16.1 Å². The second-order valence-electron chi connectivity index (χ2n) is 5.11. The number of benzene rings is 1. The Bertz CT molecular complexity index is 794. The van der Waals surface area contributed by atoms with Crippen molar-refractivity contribution in [3.63, 3.8) is 0 Å². The minimum Gasteiger partial charge on any atom is -0.312 e. The molecule has 1 aliphatic rings. The molecule has 0 fully saturated rings. The van der Waals surface area contributed by atoms with E-state index in [-0.39, 0.29) is 5.91 Å². The van der Waals surface area contributed by atoms with E-state index in [9.17, 15) is 10.1 Å². The number of anilines is 1. The first-order valence-corrected chi connectivity index (χ1v) is 9.18. The highest BCUT2D eigenvalue weighted by Gasteiger charge is 2.22. The molecule has 6 heteroatoms. The van der Waals surface area contributed by atoms with Crippen LogP contribution in [0.2, 0.25) is 5.02 Å². The molecule has 0 aliphatic heterocycles. The lowest BCUT2D eigenvalue weighted by Crippen LogP contribution is -2.12. The molecule has 1 amide bonds. The predicted molar refractivity (Wildman–Crippen MR) is 97.8 cm³/mol. The Morgan fingerprint density at radius 2 is 2.14 bits per heavy atom. The van der Waals surface area contributed by atoms with Crippen LogP contribution in [0, 0.1) is 14.9 Å². The molecule has 0 atom stereocenters. The topological polar surface area (TPSA) is 52.9 Å². The fourth-order valence-electron chi connectivity index (χ4n) is 2.61. The van der Waals surface area contributed by atoms with Gasteiger partial charge < -0.3 is 5.32 Å². The van der Waals surface area contributed by atoms with Crippen molar-refractivity contribution in [3.05, 3.63) is 48.4 Å². The van der Waals surface area contributed by atoms with Gasteiger partial charge in [-0.2, -0.15) is 5.26 Å². The Morgan fingerprint density at radius 1 is 1.36 bits per heavy atom. The van der Waals surface area contributed by atoms with Crippen molar-refractivity contribution in [3.8, 4) is 6.07 Å². The predicted octanol–water partition coefficient (Wildman–Crippen LogP) is 5.01. The quantitative estimate of drug-likeness (QED) is 0.665. The largest absolute Gasteiger partial charge is 0.312 e. The first-order valence-electron chi connectivity index (χ1n) is 6.91. The maximum absolute atomic E-state index is 12.5. The molecular weight excluding hydrogens is 431 g/mol. The lowest BCUT2D eigenvalue weighted by Gasteiger charge is -2.09. The first kappa shape index (κ1) is 15.8. The molecule has 0 bridgehead atoms. The van der Waals surface area contributed by atoms with Gasteiger partial charge in [-0.05, 0) is 72.0 Å². The Kier molecular flexibility index (Phi) is 4.71. The number of thiophene rings is 1. The van der Waals surface area contributed by atoms with Crippen LogP contribution in [-0.2, 0) is 12.8 Å². The number of hydrogen-bond donors (Lipinski definition) is 1. The number of nitrogens with one attached hydrogen (secondary N) is 1. The van der Waals surface area contributed by atoms with Crippen molar-refractivity contribution in [2.75, 3.05) is 5.32 Å². The zero-order chi connectivity index (χ0) is 15.7. The van der Waals surface area contributed by atoms with E-state index in [4.69, 9.17) is 11.6 Å². The number of rotatable bonds is 2. The van der Waals surface area contributed by atoms with Crippen LogP contribution in [0.1, 0.15) is 39.2 Å². The van der Waals surface area contributed by atoms with E-state index in [1.165, 1.54) is 16.2 Å². The molecule has 0 saturated carbocycles. The number of carbonyl (C=O) groups excluding carboxylic acids is 1. The normalized spacial score (nSPS) is 13.3. The SMILES string of the molecule is N#Cc1c(NC(=O)c2cc(I)ccc2Cl)sc2c1CCCC2. The van der Waals surface area contributed by atoms with Crippen LogP contribution in [0.15, 0.2) is 18.2 Å². The van der Waals surface area contributed by atoms with Crippen LogP contribution in [0.25, 0.3) is 0 Å². The van der Waals surface area contributed by atoms with E-state index in [2.05, 4.69) is 34.0 Å². The highest BCUT2D eigenvalue weighted by atomic mass is 127. The molecule has 22 heavy (non-hydrogen) atoms. The highest BCUT2D eigenvalue weighted by molar-refractivity contribution is 14.1. The Morgan fingerprint density at radius 3 is 2.91 bits per heavy atom. The molecule has 0 spiro atoms. The summed E-state index contributed by atoms with van der Waals surface area (Å²) < 4.78 is 0.943. The summed E-state index contributed by atoms with van der Waals surface area (Å²) in [6.45, 7) is 0. The molecule has 1 N–H and O–H groups in total. The van der Waals surface area contributed by atoms with Crippen molar-refractivity contribution in [1.29, 1.82) is 5.26 Å². The second-order valence-corrected chi connectivity index (χ2v) is 7.86. The molecule has 2 aromatic rings. The van der Waals surface area contributed by atoms with Gasteiger partial charge in [-0.25, -0.2) is 0 Å². The third kappa shape index (κ3) is 3.00. The fraction of sp³-hybridized carbons (Fsp3) is 0.250. The van der Waals surface area contributed by atoms with Crippen LogP contribution in [0.3, 0.4) is 0 Å². The van der Waals surface area contributed by atoms with Crippen molar-refractivity contribution >= 4 is 56.4 Å². The van der Waals surface area contributed by atoms with E-state index in [1.54, 1.807) is 12.1 Å². The molecule has 3 rings (SSSR count). The smallest absolute Gasteiger partial charge is 0.257 e. The van der Waals surface area contributed by atoms with Crippen LogP contribution >= 0.6 is 45.5 Å². The summed E-state index contributed by atoms with van der Waals surface area (Å²) >= 11 is 9.77. The standard InChI is InChI=1S/C16H12ClIN2OS/c17-13-6-5-9(18)7-11(13)15(21)20-16-12(8-19)10-3-1-2-4-14(10)22-16/h5-7H,1-4H2,(H,20,21). The summed E-state index contributed by atoms with van der Waals surface area (Å²) in [4.78, 5) is 13.7. The van der Waals surface area contributed by atoms with Crippen LogP contribution in [0.5, 0.6) is 0 Å². The number of hydrogen-bond acceptors (Lipinski definition) is 3. The van der Waals surface area contributed by atoms with E-state index in [0.29, 0.717) is 21.2 Å². The lowest BCUT2D eigenvalue weighted by molar-refractivity contribution is 0.102. The summed E-state index contributed by atoms with van der Waals surface area (Å²) in [5.74, 6) is -0.265. The van der Waals surface area contributed by atoms with Gasteiger partial charge in [0, 0.05) is 8.45 Å². The molecule has 1 aromatic heterocycles. The van der Waals surface area contributed by atoms with Crippen LogP contribution in [0.4, 0.5) is 5.00 Å². The average Bonchev–Trinajstić information content (AvgIpc) is 2.86. The Hall–Kier alpha value is -1.10. The fourth-order valence-corrected chi connectivity index (χ4v) is 4.54. The van der Waals surface area contributed by atoms with Gasteiger partial charge in [-0.15, -0.1) is 11.3 Å². The van der Waals surface area contributed by atoms with Crippen LogP contribution in [-0.4, -0.2) is 5.91 Å². The maximum atomic E-state index is 12.5. The molecule has 0 saturated heterocycles. The molecular formula is C16H12ClIN2OS. The van der Waals surface area contributed by atoms with Gasteiger partial charge >= 0.3 is 0 Å². The lowest BCUT2D eigenvalue weighted by atomic mass is 9.96. The number of carbonyl (C=O) groups is 1. The second kappa shape index (κ2) is 6.57. The highest BCUT2D eigenvalue weighted by Crippen LogP contribution is 2.38. The summed E-state index contributed by atoms with van der Waals surface area (Å²) in [6.07, 6.45) is 4.17. The molecule has 1 aromatic carbocycles. The van der Waals surface area contributed by atoms with Crippen LogP contribution < -0.4 is 5.32 Å². The van der Waals surface area contributed by atoms with E-state index in [0.717, 1.165) is 34.8 Å². The molecule has 0 radical (unpaired) electrons. The number of aryl methyl sites for hydroxylation is 1. The van der Waals surface area contributed by atoms with Gasteiger partial charge in [0.15, 0.2) is 0 Å². The monoisotopic (exact) mass is 442 g/mol. The van der Waals surface area contributed by atoms with Crippen molar-refractivity contribution in [2.45, 2.75) is 25.7 Å². The van der Waals surface area contributed by atoms with E-state index >= 15 is 0 Å². The first-order chi connectivity index (χ1) is 10.6. The maximum Gasteiger partial charge on any atom is 0.257 e. The van der Waals surface area contributed by atoms with Gasteiger partial charge in [-0.1, -0.05) is 11.6 Å². The summed E-state index contributed by atoms with van der Waals surface area (Å²) in [6, 6.07) is 7.56. The summed E-state index contributed by atoms with van der Waals surface area (Å²) in [5.41, 5.74) is 2.17.